The van der Waals surface area contributed by atoms with E-state index in [1.165, 1.54) is 29.0 Å². The number of ether oxygens (including phenoxy) is 2. The third-order valence-electron chi connectivity index (χ3n) is 5.27. The van der Waals surface area contributed by atoms with Crippen LogP contribution in [-0.4, -0.2) is 29.2 Å². The summed E-state index contributed by atoms with van der Waals surface area (Å²) >= 11 is 1.48. The van der Waals surface area contributed by atoms with Crippen LogP contribution in [0.3, 0.4) is 0 Å². The normalized spacial score (nSPS) is 13.0. The van der Waals surface area contributed by atoms with E-state index in [2.05, 4.69) is 12.1 Å². The molecule has 0 spiro atoms. The zero-order valence-corrected chi connectivity index (χ0v) is 18.9. The fourth-order valence-electron chi connectivity index (χ4n) is 3.51. The van der Waals surface area contributed by atoms with Crippen molar-refractivity contribution < 1.29 is 14.4 Å². The van der Waals surface area contributed by atoms with Crippen molar-refractivity contribution >= 4 is 23.2 Å². The molecular formula is C25H20N4O4S. The number of hydrogen-bond donors (Lipinski definition) is 0. The summed E-state index contributed by atoms with van der Waals surface area (Å²) in [6.45, 7) is 0.827. The summed E-state index contributed by atoms with van der Waals surface area (Å²) in [7, 11) is 0. The summed E-state index contributed by atoms with van der Waals surface area (Å²) in [5.41, 5.74) is 3.73. The van der Waals surface area contributed by atoms with Gasteiger partial charge in [-0.3, -0.25) is 15.1 Å². The Bertz CT molecular complexity index is 1410. The topological polar surface area (TPSA) is 91.2 Å². The molecule has 0 N–H and O–H groups in total. The molecule has 170 valence electrons. The van der Waals surface area contributed by atoms with Crippen molar-refractivity contribution in [3.8, 4) is 22.8 Å². The smallest absolute Gasteiger partial charge is 0.269 e. The van der Waals surface area contributed by atoms with Crippen molar-refractivity contribution in [3.63, 3.8) is 0 Å². The van der Waals surface area contributed by atoms with Crippen molar-refractivity contribution in [1.82, 2.24) is 4.68 Å². The summed E-state index contributed by atoms with van der Waals surface area (Å²) in [6.07, 6.45) is 2.55. The van der Waals surface area contributed by atoms with E-state index in [1.807, 2.05) is 41.8 Å². The molecule has 1 aliphatic heterocycles. The number of fused-ring (bicyclic) bond motifs is 1. The highest BCUT2D eigenvalue weighted by atomic mass is 32.1. The number of nitro groups is 1. The molecule has 9 heteroatoms. The van der Waals surface area contributed by atoms with E-state index >= 15 is 0 Å². The Labute approximate surface area is 199 Å². The number of aromatic nitrogens is 1. The number of hydrogen-bond acceptors (Lipinski definition) is 7. The maximum atomic E-state index is 11.0. The van der Waals surface area contributed by atoms with Crippen molar-refractivity contribution in [2.24, 2.45) is 10.1 Å². The van der Waals surface area contributed by atoms with Gasteiger partial charge < -0.3 is 9.47 Å². The minimum atomic E-state index is -0.409. The van der Waals surface area contributed by atoms with Crippen LogP contribution >= 0.6 is 11.3 Å². The highest BCUT2D eigenvalue weighted by Crippen LogP contribution is 2.32. The lowest BCUT2D eigenvalue weighted by atomic mass is 10.1. The van der Waals surface area contributed by atoms with Gasteiger partial charge in [-0.05, 0) is 47.9 Å². The number of thiazole rings is 1. The monoisotopic (exact) mass is 472 g/mol. The average molecular weight is 473 g/mol. The van der Waals surface area contributed by atoms with Crippen molar-refractivity contribution in [2.45, 2.75) is 6.42 Å². The van der Waals surface area contributed by atoms with E-state index in [-0.39, 0.29) is 12.5 Å². The number of rotatable bonds is 7. The lowest BCUT2D eigenvalue weighted by Crippen LogP contribution is -2.13. The molecular weight excluding hydrogens is 452 g/mol. The Balaban J connectivity index is 1.48. The van der Waals surface area contributed by atoms with Crippen LogP contribution in [0.2, 0.25) is 0 Å². The maximum Gasteiger partial charge on any atom is 0.269 e. The van der Waals surface area contributed by atoms with Crippen LogP contribution in [0.1, 0.15) is 11.1 Å². The lowest BCUT2D eigenvalue weighted by Gasteiger charge is -2.04. The fraction of sp³-hybridized carbons (Fsp3) is 0.120. The first-order chi connectivity index (χ1) is 16.7. The first-order valence-electron chi connectivity index (χ1n) is 10.6. The van der Waals surface area contributed by atoms with Crippen LogP contribution in [0.25, 0.3) is 11.3 Å². The zero-order valence-electron chi connectivity index (χ0n) is 18.0. The Morgan fingerprint density at radius 1 is 1.03 bits per heavy atom. The largest absolute Gasteiger partial charge is 0.454 e. The van der Waals surface area contributed by atoms with Gasteiger partial charge >= 0.3 is 0 Å². The molecule has 0 saturated heterocycles. The van der Waals surface area contributed by atoms with Gasteiger partial charge in [0.05, 0.1) is 16.8 Å². The summed E-state index contributed by atoms with van der Waals surface area (Å²) in [4.78, 5) is 16.1. The second kappa shape index (κ2) is 9.72. The summed E-state index contributed by atoms with van der Waals surface area (Å²) in [5.74, 6) is 1.39. The number of non-ortho nitro benzene ring substituents is 1. The molecule has 0 unspecified atom stereocenters. The molecule has 4 aromatic rings. The maximum absolute atomic E-state index is 11.0. The summed E-state index contributed by atoms with van der Waals surface area (Å²) in [5, 5.41) is 17.7. The molecule has 8 nitrogen and oxygen atoms in total. The SMILES string of the molecule is O=[N+]([O-])c1ccc(-c2csc(=NCCc3ccccc3)n2N=Cc2ccc3c(c2)OCO3)cc1. The molecule has 0 atom stereocenters. The first-order valence-corrected chi connectivity index (χ1v) is 11.5. The summed E-state index contributed by atoms with van der Waals surface area (Å²) in [6, 6.07) is 22.2. The molecule has 2 heterocycles. The van der Waals surface area contributed by atoms with Crippen LogP contribution in [0.4, 0.5) is 5.69 Å². The average Bonchev–Trinajstić information content (AvgIpc) is 3.50. The van der Waals surface area contributed by atoms with Crippen molar-refractivity contribution in [2.75, 3.05) is 13.3 Å². The Morgan fingerprint density at radius 3 is 2.62 bits per heavy atom. The lowest BCUT2D eigenvalue weighted by molar-refractivity contribution is -0.384. The molecule has 0 bridgehead atoms. The van der Waals surface area contributed by atoms with Crippen molar-refractivity contribution in [1.29, 1.82) is 0 Å². The number of benzene rings is 3. The van der Waals surface area contributed by atoms with Crippen LogP contribution in [0.5, 0.6) is 11.5 Å². The van der Waals surface area contributed by atoms with Gasteiger partial charge in [-0.1, -0.05) is 30.3 Å². The minimum absolute atomic E-state index is 0.0437. The molecule has 0 radical (unpaired) electrons. The van der Waals surface area contributed by atoms with Gasteiger partial charge in [-0.2, -0.15) is 5.10 Å². The second-order valence-corrected chi connectivity index (χ2v) is 8.33. The zero-order chi connectivity index (χ0) is 23.3. The van der Waals surface area contributed by atoms with Crippen LogP contribution < -0.4 is 14.3 Å². The quantitative estimate of drug-likeness (QED) is 0.218. The predicted molar refractivity (Wildman–Crippen MR) is 131 cm³/mol. The second-order valence-electron chi connectivity index (χ2n) is 7.49. The van der Waals surface area contributed by atoms with E-state index in [1.54, 1.807) is 23.0 Å². The van der Waals surface area contributed by atoms with Gasteiger partial charge in [-0.25, -0.2) is 4.68 Å². The molecule has 0 fully saturated rings. The van der Waals surface area contributed by atoms with Gasteiger partial charge in [0.2, 0.25) is 11.6 Å². The molecule has 0 amide bonds. The van der Waals surface area contributed by atoms with E-state index < -0.39 is 4.92 Å². The molecule has 0 aliphatic carbocycles. The van der Waals surface area contributed by atoms with Gasteiger partial charge in [0, 0.05) is 29.6 Å². The Hall–Kier alpha value is -4.24. The van der Waals surface area contributed by atoms with Crippen LogP contribution in [-0.2, 0) is 6.42 Å². The molecule has 1 aliphatic rings. The Kier molecular flexibility index (Phi) is 6.17. The van der Waals surface area contributed by atoms with E-state index in [0.29, 0.717) is 18.0 Å². The molecule has 0 saturated carbocycles. The Morgan fingerprint density at radius 2 is 1.82 bits per heavy atom. The molecule has 3 aromatic carbocycles. The van der Waals surface area contributed by atoms with Crippen LogP contribution in [0.15, 0.2) is 88.3 Å². The van der Waals surface area contributed by atoms with E-state index in [9.17, 15) is 10.1 Å². The first kappa shape index (κ1) is 21.6. The number of nitrogens with zero attached hydrogens (tertiary/aromatic N) is 4. The van der Waals surface area contributed by atoms with Gasteiger partial charge in [0.1, 0.15) is 0 Å². The highest BCUT2D eigenvalue weighted by Gasteiger charge is 2.13. The minimum Gasteiger partial charge on any atom is -0.454 e. The van der Waals surface area contributed by atoms with Gasteiger partial charge in [-0.15, -0.1) is 11.3 Å². The van der Waals surface area contributed by atoms with Crippen molar-refractivity contribution in [3.05, 3.63) is 104 Å². The van der Waals surface area contributed by atoms with Gasteiger partial charge in [0.15, 0.2) is 11.5 Å². The standard InChI is InChI=1S/C25H20N4O4S/c30-29(31)21-9-7-20(8-10-21)22-16-34-25(26-13-12-18-4-2-1-3-5-18)28(22)27-15-19-6-11-23-24(14-19)33-17-32-23/h1-11,14-16H,12-13,17H2. The predicted octanol–water partition coefficient (Wildman–Crippen LogP) is 4.88. The van der Waals surface area contributed by atoms with Crippen LogP contribution in [0, 0.1) is 10.1 Å². The molecule has 34 heavy (non-hydrogen) atoms. The van der Waals surface area contributed by atoms with E-state index in [4.69, 9.17) is 19.6 Å². The third-order valence-corrected chi connectivity index (χ3v) is 6.12. The highest BCUT2D eigenvalue weighted by molar-refractivity contribution is 7.07. The van der Waals surface area contributed by atoms with E-state index in [0.717, 1.165) is 28.0 Å². The van der Waals surface area contributed by atoms with Gasteiger partial charge in [0.25, 0.3) is 5.69 Å². The fourth-order valence-corrected chi connectivity index (χ4v) is 4.38. The third kappa shape index (κ3) is 4.74. The molecule has 5 rings (SSSR count). The molecule has 1 aromatic heterocycles. The summed E-state index contributed by atoms with van der Waals surface area (Å²) < 4.78 is 12.6. The number of nitro benzene ring substituents is 1.